The van der Waals surface area contributed by atoms with E-state index in [0.717, 1.165) is 6.92 Å². The summed E-state index contributed by atoms with van der Waals surface area (Å²) in [5.41, 5.74) is 11.6. The SMILES string of the molecule is CC[C@H](C)[C@H](NC(=O)[C@H](CCC(N)=O)NC(=O)[C@H](Cc1ccc(O)cc1)NC(=O)[C@@H](NC(=O)CNC(=O)[C@H](CCSC)NC(=O)[C@H](CO)NC(=O)[C@H](CCC(=O)O)NC(=O)[C@@H](N)CC(C)C)[C@@H](C)O)C(=O)O. The Morgan fingerprint density at radius 3 is 1.64 bits per heavy atom. The molecule has 0 unspecified atom stereocenters. The summed E-state index contributed by atoms with van der Waals surface area (Å²) in [5.74, 6) is -11.8. The highest BCUT2D eigenvalue weighted by atomic mass is 32.2. The fourth-order valence-electron chi connectivity index (χ4n) is 6.70. The number of aliphatic hydroxyl groups excluding tert-OH is 2. The number of aromatic hydroxyl groups is 1. The molecule has 27 heteroatoms. The number of carboxylic acids is 2. The molecule has 1 aromatic carbocycles. The Kier molecular flexibility index (Phi) is 28.5. The summed E-state index contributed by atoms with van der Waals surface area (Å²) in [6.07, 6.45) is -1.42. The average Bonchev–Trinajstić information content (AvgIpc) is 3.31. The van der Waals surface area contributed by atoms with E-state index in [1.54, 1.807) is 20.1 Å². The van der Waals surface area contributed by atoms with Gasteiger partial charge >= 0.3 is 11.9 Å². The molecule has 72 heavy (non-hydrogen) atoms. The highest BCUT2D eigenvalue weighted by Crippen LogP contribution is 2.14. The van der Waals surface area contributed by atoms with E-state index in [1.165, 1.54) is 36.0 Å². The standard InChI is InChI=1S/C45H72N10O16S/c1-7-23(4)36(45(70)71)55-41(66)28(12-14-33(47)59)50-42(67)31(19-25-8-10-26(58)11-9-25)52-44(69)37(24(5)57)54-34(60)20-48-39(64)30(16-17-72-6)51-43(68)32(21-56)53-40(65)29(13-15-35(61)62)49-38(63)27(46)18-22(2)3/h8-11,22-24,27-32,36-37,56-58H,7,12-21,46H2,1-6H3,(H2,47,59)(H,48,64)(H,49,63)(H,50,67)(H,51,68)(H,52,69)(H,53,65)(H,54,60)(H,55,66)(H,61,62)(H,70,71)/t23-,24+,27-,28-,29-,30-,31-,32-,36-,37-/m0/s1. The molecule has 0 aliphatic rings. The van der Waals surface area contributed by atoms with Crippen LogP contribution >= 0.6 is 11.8 Å². The molecule has 0 fully saturated rings. The number of phenolic OH excluding ortho intramolecular Hbond substituents is 1. The fraction of sp³-hybridized carbons (Fsp3) is 0.622. The molecular weight excluding hydrogens is 969 g/mol. The third-order valence-electron chi connectivity index (χ3n) is 11.0. The van der Waals surface area contributed by atoms with Crippen molar-refractivity contribution in [3.63, 3.8) is 0 Å². The molecule has 10 atom stereocenters. The molecule has 17 N–H and O–H groups in total. The number of amides is 9. The van der Waals surface area contributed by atoms with Crippen molar-refractivity contribution in [3.05, 3.63) is 29.8 Å². The topological polar surface area (TPSA) is 437 Å². The molecule has 0 radical (unpaired) electrons. The van der Waals surface area contributed by atoms with Crippen LogP contribution < -0.4 is 54.0 Å². The molecule has 26 nitrogen and oxygen atoms in total. The summed E-state index contributed by atoms with van der Waals surface area (Å²) >= 11 is 1.28. The Labute approximate surface area is 421 Å². The van der Waals surface area contributed by atoms with Crippen LogP contribution in [0.15, 0.2) is 24.3 Å². The number of benzene rings is 1. The Morgan fingerprint density at radius 2 is 1.14 bits per heavy atom. The summed E-state index contributed by atoms with van der Waals surface area (Å²) in [7, 11) is 0. The zero-order valence-electron chi connectivity index (χ0n) is 41.2. The van der Waals surface area contributed by atoms with Crippen molar-refractivity contribution in [2.45, 2.75) is 140 Å². The lowest BCUT2D eigenvalue weighted by Gasteiger charge is -2.27. The molecule has 0 saturated heterocycles. The zero-order chi connectivity index (χ0) is 54.8. The maximum absolute atomic E-state index is 13.9. The third kappa shape index (κ3) is 23.6. The molecule has 404 valence electrons. The summed E-state index contributed by atoms with van der Waals surface area (Å²) in [6.45, 7) is 6.20. The van der Waals surface area contributed by atoms with E-state index in [2.05, 4.69) is 42.5 Å². The monoisotopic (exact) mass is 1040 g/mol. The Balaban J connectivity index is 3.27. The number of aliphatic carboxylic acids is 2. The Bertz CT molecular complexity index is 2030. The van der Waals surface area contributed by atoms with Crippen LogP contribution in [0.1, 0.15) is 85.1 Å². The van der Waals surface area contributed by atoms with E-state index in [0.29, 0.717) is 12.0 Å². The maximum atomic E-state index is 13.9. The van der Waals surface area contributed by atoms with Crippen LogP contribution in [0, 0.1) is 11.8 Å². The van der Waals surface area contributed by atoms with E-state index >= 15 is 0 Å². The molecule has 0 spiro atoms. The number of carboxylic acid groups (broad SMARTS) is 2. The first-order chi connectivity index (χ1) is 33.7. The Hall–Kier alpha value is -6.58. The van der Waals surface area contributed by atoms with Crippen LogP contribution in [0.5, 0.6) is 5.75 Å². The first kappa shape index (κ1) is 63.4. The van der Waals surface area contributed by atoms with Gasteiger partial charge in [0, 0.05) is 19.3 Å². The number of nitrogens with one attached hydrogen (secondary N) is 8. The molecule has 1 rings (SSSR count). The number of primary amides is 1. The largest absolute Gasteiger partial charge is 0.508 e. The van der Waals surface area contributed by atoms with Crippen molar-refractivity contribution in [1.82, 2.24) is 42.5 Å². The fourth-order valence-corrected chi connectivity index (χ4v) is 7.17. The van der Waals surface area contributed by atoms with Crippen LogP contribution in [0.25, 0.3) is 0 Å². The molecule has 0 saturated carbocycles. The number of phenols is 1. The van der Waals surface area contributed by atoms with E-state index in [4.69, 9.17) is 11.5 Å². The first-order valence-corrected chi connectivity index (χ1v) is 24.6. The van der Waals surface area contributed by atoms with Gasteiger partial charge in [-0.2, -0.15) is 11.8 Å². The van der Waals surface area contributed by atoms with Gasteiger partial charge in [0.1, 0.15) is 48.0 Å². The molecule has 9 amide bonds. The lowest BCUT2D eigenvalue weighted by Crippen LogP contribution is -2.61. The van der Waals surface area contributed by atoms with Crippen molar-refractivity contribution in [2.75, 3.05) is 25.2 Å². The zero-order valence-corrected chi connectivity index (χ0v) is 42.0. The number of nitrogens with two attached hydrogens (primary N) is 2. The minimum atomic E-state index is -1.79. The second-order valence-corrected chi connectivity index (χ2v) is 18.5. The minimum absolute atomic E-state index is 0.00730. The first-order valence-electron chi connectivity index (χ1n) is 23.2. The second-order valence-electron chi connectivity index (χ2n) is 17.5. The molecule has 0 aliphatic heterocycles. The number of thioether (sulfide) groups is 1. The number of carbonyl (C=O) groups is 11. The van der Waals surface area contributed by atoms with Crippen molar-refractivity contribution in [3.8, 4) is 5.75 Å². The predicted octanol–water partition coefficient (Wildman–Crippen LogP) is -3.79. The molecule has 0 aliphatic carbocycles. The molecule has 0 bridgehead atoms. The summed E-state index contributed by atoms with van der Waals surface area (Å²) in [4.78, 5) is 142. The van der Waals surface area contributed by atoms with Gasteiger partial charge in [0.25, 0.3) is 0 Å². The highest BCUT2D eigenvalue weighted by molar-refractivity contribution is 7.98. The van der Waals surface area contributed by atoms with Gasteiger partial charge in [-0.05, 0) is 74.1 Å². The van der Waals surface area contributed by atoms with E-state index in [1.807, 2.05) is 13.8 Å². The van der Waals surface area contributed by atoms with Gasteiger partial charge in [0.2, 0.25) is 53.2 Å². The Morgan fingerprint density at radius 1 is 0.639 bits per heavy atom. The van der Waals surface area contributed by atoms with Gasteiger partial charge in [-0.3, -0.25) is 47.9 Å². The number of aliphatic hydroxyl groups is 2. The van der Waals surface area contributed by atoms with Gasteiger partial charge in [0.05, 0.1) is 25.3 Å². The maximum Gasteiger partial charge on any atom is 0.326 e. The number of carbonyl (C=O) groups excluding carboxylic acids is 9. The highest BCUT2D eigenvalue weighted by Gasteiger charge is 2.35. The van der Waals surface area contributed by atoms with Crippen molar-refractivity contribution < 1.29 is 78.3 Å². The van der Waals surface area contributed by atoms with Crippen LogP contribution in [0.3, 0.4) is 0 Å². The van der Waals surface area contributed by atoms with Crippen LogP contribution in [0.2, 0.25) is 0 Å². The molecular formula is C45H72N10O16S. The summed E-state index contributed by atoms with van der Waals surface area (Å²) in [5, 5.41) is 68.2. The minimum Gasteiger partial charge on any atom is -0.508 e. The average molecular weight is 1040 g/mol. The van der Waals surface area contributed by atoms with Gasteiger partial charge < -0.3 is 79.5 Å². The van der Waals surface area contributed by atoms with Gasteiger partial charge in [0.15, 0.2) is 0 Å². The van der Waals surface area contributed by atoms with Gasteiger partial charge in [-0.15, -0.1) is 0 Å². The van der Waals surface area contributed by atoms with E-state index < -0.39 is 158 Å². The van der Waals surface area contributed by atoms with Gasteiger partial charge in [-0.1, -0.05) is 46.2 Å². The number of rotatable bonds is 34. The lowest BCUT2D eigenvalue weighted by atomic mass is 9.98. The molecule has 0 aromatic heterocycles. The number of hydrogen-bond donors (Lipinski definition) is 15. The summed E-state index contributed by atoms with van der Waals surface area (Å²) in [6, 6.07) is -6.46. The smallest absolute Gasteiger partial charge is 0.326 e. The lowest BCUT2D eigenvalue weighted by molar-refractivity contribution is -0.144. The summed E-state index contributed by atoms with van der Waals surface area (Å²) < 4.78 is 0. The predicted molar refractivity (Wildman–Crippen MR) is 260 cm³/mol. The van der Waals surface area contributed by atoms with Crippen LogP contribution in [-0.2, 0) is 59.2 Å². The van der Waals surface area contributed by atoms with Gasteiger partial charge in [-0.25, -0.2) is 4.79 Å². The second kappa shape index (κ2) is 32.4. The quantitative estimate of drug-likeness (QED) is 0.0315. The third-order valence-corrected chi connectivity index (χ3v) is 11.6. The van der Waals surface area contributed by atoms with Crippen LogP contribution in [-0.4, -0.2) is 170 Å². The molecule has 0 heterocycles. The van der Waals surface area contributed by atoms with Crippen molar-refractivity contribution in [1.29, 1.82) is 0 Å². The van der Waals surface area contributed by atoms with E-state index in [-0.39, 0.29) is 43.1 Å². The van der Waals surface area contributed by atoms with Crippen LogP contribution in [0.4, 0.5) is 0 Å². The number of hydrogen-bond acceptors (Lipinski definition) is 16. The normalized spacial score (nSPS) is 15.2. The van der Waals surface area contributed by atoms with E-state index in [9.17, 15) is 78.3 Å². The van der Waals surface area contributed by atoms with Crippen molar-refractivity contribution in [2.24, 2.45) is 23.3 Å². The van der Waals surface area contributed by atoms with Crippen molar-refractivity contribution >= 4 is 76.9 Å². The molecule has 1 aromatic rings.